The summed E-state index contributed by atoms with van der Waals surface area (Å²) in [5, 5.41) is 6.42. The van der Waals surface area contributed by atoms with Crippen molar-refractivity contribution in [1.82, 2.24) is 10.6 Å². The van der Waals surface area contributed by atoms with Crippen LogP contribution in [0.3, 0.4) is 0 Å². The summed E-state index contributed by atoms with van der Waals surface area (Å²) >= 11 is 0. The highest BCUT2D eigenvalue weighted by Crippen LogP contribution is 2.20. The predicted molar refractivity (Wildman–Crippen MR) is 78.3 cm³/mol. The molecule has 19 heavy (non-hydrogen) atoms. The first-order chi connectivity index (χ1) is 9.03. The normalized spacial score (nSPS) is 14.9. The van der Waals surface area contributed by atoms with E-state index in [1.54, 1.807) is 0 Å². The smallest absolute Gasteiger partial charge is 0.251 e. The van der Waals surface area contributed by atoms with Crippen LogP contribution < -0.4 is 10.6 Å². The highest BCUT2D eigenvalue weighted by molar-refractivity contribution is 5.96. The molecule has 0 aliphatic carbocycles. The van der Waals surface area contributed by atoms with Crippen LogP contribution in [0.2, 0.25) is 0 Å². The van der Waals surface area contributed by atoms with E-state index in [0.717, 1.165) is 38.0 Å². The van der Waals surface area contributed by atoms with Crippen molar-refractivity contribution in [2.75, 3.05) is 13.1 Å². The number of nitrogens with one attached hydrogen (secondary N) is 2. The molecule has 1 aliphatic heterocycles. The molecule has 2 rings (SSSR count). The lowest BCUT2D eigenvalue weighted by atomic mass is 9.90. The average Bonchev–Trinajstić information content (AvgIpc) is 2.44. The van der Waals surface area contributed by atoms with Gasteiger partial charge in [-0.1, -0.05) is 32.9 Å². The van der Waals surface area contributed by atoms with Gasteiger partial charge in [-0.15, -0.1) is 0 Å². The van der Waals surface area contributed by atoms with Crippen molar-refractivity contribution in [3.8, 4) is 0 Å². The fraction of sp³-hybridized carbons (Fsp3) is 0.562. The summed E-state index contributed by atoms with van der Waals surface area (Å²) in [6.45, 7) is 9.07. The van der Waals surface area contributed by atoms with Gasteiger partial charge in [-0.3, -0.25) is 4.79 Å². The molecule has 0 fully saturated rings. The Morgan fingerprint density at radius 3 is 2.95 bits per heavy atom. The van der Waals surface area contributed by atoms with Crippen LogP contribution in [0.5, 0.6) is 0 Å². The van der Waals surface area contributed by atoms with Gasteiger partial charge in [0.05, 0.1) is 0 Å². The van der Waals surface area contributed by atoms with Crippen LogP contribution in [0.4, 0.5) is 0 Å². The minimum atomic E-state index is 0.0697. The number of benzene rings is 1. The highest BCUT2D eigenvalue weighted by atomic mass is 16.1. The monoisotopic (exact) mass is 260 g/mol. The van der Waals surface area contributed by atoms with E-state index in [1.165, 1.54) is 11.1 Å². The van der Waals surface area contributed by atoms with Gasteiger partial charge in [0, 0.05) is 18.7 Å². The molecule has 0 saturated heterocycles. The maximum Gasteiger partial charge on any atom is 0.251 e. The van der Waals surface area contributed by atoms with Gasteiger partial charge in [-0.05, 0) is 42.0 Å². The molecule has 0 saturated carbocycles. The maximum atomic E-state index is 12.3. The van der Waals surface area contributed by atoms with Gasteiger partial charge in [-0.25, -0.2) is 0 Å². The van der Waals surface area contributed by atoms with Crippen molar-refractivity contribution < 1.29 is 4.79 Å². The average molecular weight is 260 g/mol. The zero-order valence-electron chi connectivity index (χ0n) is 12.2. The number of fused-ring (bicyclic) bond motifs is 1. The Hall–Kier alpha value is -1.35. The van der Waals surface area contributed by atoms with Crippen LogP contribution in [0.25, 0.3) is 0 Å². The van der Waals surface area contributed by atoms with E-state index in [9.17, 15) is 4.79 Å². The van der Waals surface area contributed by atoms with E-state index >= 15 is 0 Å². The van der Waals surface area contributed by atoms with E-state index in [1.807, 2.05) is 12.1 Å². The van der Waals surface area contributed by atoms with Gasteiger partial charge in [0.15, 0.2) is 0 Å². The minimum Gasteiger partial charge on any atom is -0.351 e. The molecular formula is C16H24N2O. The molecule has 0 atom stereocenters. The second kappa shape index (κ2) is 5.74. The number of hydrogen-bond donors (Lipinski definition) is 2. The lowest BCUT2D eigenvalue weighted by Crippen LogP contribution is -2.35. The van der Waals surface area contributed by atoms with Crippen LogP contribution in [0.15, 0.2) is 18.2 Å². The Kier molecular flexibility index (Phi) is 4.25. The molecule has 1 aliphatic rings. The third-order valence-electron chi connectivity index (χ3n) is 4.07. The van der Waals surface area contributed by atoms with Crippen LogP contribution in [-0.2, 0) is 13.0 Å². The number of hydrogen-bond acceptors (Lipinski definition) is 2. The van der Waals surface area contributed by atoms with Crippen LogP contribution in [-0.4, -0.2) is 19.0 Å². The first-order valence-electron chi connectivity index (χ1n) is 7.13. The predicted octanol–water partition coefficient (Wildman–Crippen LogP) is 2.50. The second-order valence-electron chi connectivity index (χ2n) is 6.07. The van der Waals surface area contributed by atoms with Crippen molar-refractivity contribution in [2.45, 2.75) is 40.2 Å². The van der Waals surface area contributed by atoms with Crippen molar-refractivity contribution >= 4 is 5.91 Å². The third-order valence-corrected chi connectivity index (χ3v) is 4.07. The maximum absolute atomic E-state index is 12.3. The van der Waals surface area contributed by atoms with Crippen LogP contribution in [0.1, 0.15) is 48.7 Å². The first-order valence-corrected chi connectivity index (χ1v) is 7.13. The van der Waals surface area contributed by atoms with Gasteiger partial charge in [0.1, 0.15) is 0 Å². The molecule has 1 heterocycles. The van der Waals surface area contributed by atoms with Crippen molar-refractivity contribution in [3.63, 3.8) is 0 Å². The quantitative estimate of drug-likeness (QED) is 0.873. The molecule has 0 aromatic heterocycles. The molecule has 1 aromatic carbocycles. The molecule has 1 amide bonds. The molecule has 0 bridgehead atoms. The van der Waals surface area contributed by atoms with E-state index < -0.39 is 0 Å². The van der Waals surface area contributed by atoms with Crippen molar-refractivity contribution in [3.05, 3.63) is 34.9 Å². The van der Waals surface area contributed by atoms with Gasteiger partial charge in [0.25, 0.3) is 5.91 Å². The zero-order chi connectivity index (χ0) is 13.9. The first kappa shape index (κ1) is 14.1. The molecule has 0 unspecified atom stereocenters. The summed E-state index contributed by atoms with van der Waals surface area (Å²) in [5.41, 5.74) is 3.49. The molecule has 0 spiro atoms. The van der Waals surface area contributed by atoms with Crippen LogP contribution >= 0.6 is 0 Å². The van der Waals surface area contributed by atoms with E-state index in [2.05, 4.69) is 37.5 Å². The number of rotatable bonds is 4. The van der Waals surface area contributed by atoms with E-state index in [0.29, 0.717) is 0 Å². The van der Waals surface area contributed by atoms with Crippen molar-refractivity contribution in [2.24, 2.45) is 5.41 Å². The summed E-state index contributed by atoms with van der Waals surface area (Å²) in [5.74, 6) is 0.0697. The van der Waals surface area contributed by atoms with Gasteiger partial charge in [-0.2, -0.15) is 0 Å². The van der Waals surface area contributed by atoms with E-state index in [4.69, 9.17) is 0 Å². The molecule has 1 aromatic rings. The Labute approximate surface area is 115 Å². The van der Waals surface area contributed by atoms with E-state index in [-0.39, 0.29) is 11.3 Å². The van der Waals surface area contributed by atoms with Crippen LogP contribution in [0, 0.1) is 5.41 Å². The highest BCUT2D eigenvalue weighted by Gasteiger charge is 2.20. The fourth-order valence-corrected chi connectivity index (χ4v) is 2.28. The summed E-state index contributed by atoms with van der Waals surface area (Å²) in [7, 11) is 0. The molecular weight excluding hydrogens is 236 g/mol. The van der Waals surface area contributed by atoms with Gasteiger partial charge < -0.3 is 10.6 Å². The lowest BCUT2D eigenvalue weighted by molar-refractivity contribution is 0.0934. The minimum absolute atomic E-state index is 0.0697. The number of carbonyl (C=O) groups excluding carboxylic acids is 1. The standard InChI is InChI=1S/C16H24N2O/c1-4-16(2,3)11-18-15(19)14-7-5-6-12-10-17-9-8-13(12)14/h5-7,17H,4,8-11H2,1-3H3,(H,18,19). The molecule has 2 N–H and O–H groups in total. The summed E-state index contributed by atoms with van der Waals surface area (Å²) in [4.78, 5) is 12.3. The van der Waals surface area contributed by atoms with Gasteiger partial charge in [0.2, 0.25) is 0 Å². The Morgan fingerprint density at radius 2 is 2.21 bits per heavy atom. The molecule has 104 valence electrons. The Balaban J connectivity index is 2.11. The Morgan fingerprint density at radius 1 is 1.42 bits per heavy atom. The third kappa shape index (κ3) is 3.35. The van der Waals surface area contributed by atoms with Crippen molar-refractivity contribution in [1.29, 1.82) is 0 Å². The summed E-state index contributed by atoms with van der Waals surface area (Å²) in [6, 6.07) is 6.03. The zero-order valence-corrected chi connectivity index (χ0v) is 12.2. The SMILES string of the molecule is CCC(C)(C)CNC(=O)c1cccc2c1CCNC2. The molecule has 3 heteroatoms. The largest absolute Gasteiger partial charge is 0.351 e. The second-order valence-corrected chi connectivity index (χ2v) is 6.07. The number of carbonyl (C=O) groups is 1. The number of amides is 1. The summed E-state index contributed by atoms with van der Waals surface area (Å²) in [6.07, 6.45) is 2.00. The topological polar surface area (TPSA) is 41.1 Å². The molecule has 0 radical (unpaired) electrons. The Bertz CT molecular complexity index is 466. The van der Waals surface area contributed by atoms with Gasteiger partial charge >= 0.3 is 0 Å². The summed E-state index contributed by atoms with van der Waals surface area (Å²) < 4.78 is 0. The fourth-order valence-electron chi connectivity index (χ4n) is 2.28. The molecule has 3 nitrogen and oxygen atoms in total. The lowest BCUT2D eigenvalue weighted by Gasteiger charge is -2.24.